The highest BCUT2D eigenvalue weighted by molar-refractivity contribution is 5.63. The lowest BCUT2D eigenvalue weighted by molar-refractivity contribution is 0.179. The smallest absolute Gasteiger partial charge is 0.143 e. The lowest BCUT2D eigenvalue weighted by Gasteiger charge is -2.33. The van der Waals surface area contributed by atoms with E-state index in [2.05, 4.69) is 40.7 Å². The van der Waals surface area contributed by atoms with Gasteiger partial charge in [0.05, 0.1) is 24.8 Å². The van der Waals surface area contributed by atoms with Gasteiger partial charge in [0.15, 0.2) is 0 Å². The predicted molar refractivity (Wildman–Crippen MR) is 109 cm³/mol. The molecule has 0 saturated carbocycles. The maximum absolute atomic E-state index is 5.63. The third-order valence-electron chi connectivity index (χ3n) is 4.94. The molecule has 144 valence electrons. The molecule has 1 fully saturated rings. The van der Waals surface area contributed by atoms with Gasteiger partial charge in [-0.05, 0) is 55.5 Å². The summed E-state index contributed by atoms with van der Waals surface area (Å²) in [5, 5.41) is 0. The molecule has 5 nitrogen and oxygen atoms in total. The van der Waals surface area contributed by atoms with Crippen LogP contribution in [0.1, 0.15) is 30.5 Å². The van der Waals surface area contributed by atoms with E-state index in [9.17, 15) is 0 Å². The second kappa shape index (κ2) is 8.91. The van der Waals surface area contributed by atoms with Crippen molar-refractivity contribution in [3.05, 3.63) is 59.8 Å². The number of hydrogen-bond donors (Lipinski definition) is 0. The summed E-state index contributed by atoms with van der Waals surface area (Å²) in [6, 6.07) is 6.28. The minimum atomic E-state index is 0.787. The number of piperidine rings is 1. The highest BCUT2D eigenvalue weighted by atomic mass is 16.5. The summed E-state index contributed by atoms with van der Waals surface area (Å²) in [5.74, 6) is 0.833. The van der Waals surface area contributed by atoms with Gasteiger partial charge in [-0.2, -0.15) is 0 Å². The number of rotatable bonds is 7. The van der Waals surface area contributed by atoms with Crippen LogP contribution in [-0.2, 0) is 4.74 Å². The van der Waals surface area contributed by atoms with Crippen LogP contribution in [0.4, 0.5) is 0 Å². The molecule has 1 aromatic carbocycles. The van der Waals surface area contributed by atoms with E-state index < -0.39 is 0 Å². The molecule has 0 radical (unpaired) electrons. The molecule has 27 heavy (non-hydrogen) atoms. The lowest BCUT2D eigenvalue weighted by atomic mass is 9.98. The summed E-state index contributed by atoms with van der Waals surface area (Å²) < 4.78 is 12.8. The molecule has 0 amide bonds. The summed E-state index contributed by atoms with van der Waals surface area (Å²) >= 11 is 0. The first kappa shape index (κ1) is 19.2. The second-order valence-electron chi connectivity index (χ2n) is 6.91. The molecule has 1 aromatic heterocycles. The minimum Gasteiger partial charge on any atom is -0.495 e. The average Bonchev–Trinajstić information content (AvgIpc) is 3.11. The van der Waals surface area contributed by atoms with Crippen LogP contribution in [0.2, 0.25) is 0 Å². The van der Waals surface area contributed by atoms with Crippen LogP contribution in [0.25, 0.3) is 11.8 Å². The predicted octanol–water partition coefficient (Wildman–Crippen LogP) is 4.22. The average molecular weight is 367 g/mol. The third kappa shape index (κ3) is 4.61. The van der Waals surface area contributed by atoms with Crippen LogP contribution in [0.5, 0.6) is 5.75 Å². The molecule has 1 saturated heterocycles. The number of ether oxygens (including phenoxy) is 2. The summed E-state index contributed by atoms with van der Waals surface area (Å²) in [6.45, 7) is 9.17. The van der Waals surface area contributed by atoms with Gasteiger partial charge in [0, 0.05) is 38.7 Å². The number of methoxy groups -OCH3 is 2. The van der Waals surface area contributed by atoms with Gasteiger partial charge in [0.1, 0.15) is 5.75 Å². The number of hydrogen-bond acceptors (Lipinski definition) is 4. The second-order valence-corrected chi connectivity index (χ2v) is 6.91. The maximum Gasteiger partial charge on any atom is 0.143 e. The number of benzene rings is 1. The number of allylic oxidation sites excluding steroid dienone is 1. The Morgan fingerprint density at radius 2 is 2.15 bits per heavy atom. The lowest BCUT2D eigenvalue weighted by Crippen LogP contribution is -2.30. The van der Waals surface area contributed by atoms with Crippen LogP contribution >= 0.6 is 0 Å². The van der Waals surface area contributed by atoms with Gasteiger partial charge < -0.3 is 18.9 Å². The fourth-order valence-electron chi connectivity index (χ4n) is 3.50. The molecule has 3 rings (SSSR count). The highest BCUT2D eigenvalue weighted by Gasteiger charge is 2.17. The molecule has 1 aliphatic heterocycles. The standard InChI is InChI=1S/C22H29N3O2/c1-17-15-25(16-23-17)21-9-8-19(14-22(21)27-4)13-20-7-5-10-24(18(20)2)11-6-12-26-3/h8-9,13-16H,2,5-7,10-12H2,1,3-4H3/b20-13+. The Labute approximate surface area is 161 Å². The Hall–Kier alpha value is -2.53. The van der Waals surface area contributed by atoms with Gasteiger partial charge in [-0.15, -0.1) is 0 Å². The van der Waals surface area contributed by atoms with E-state index in [0.717, 1.165) is 67.4 Å². The number of aromatic nitrogens is 2. The fourth-order valence-corrected chi connectivity index (χ4v) is 3.50. The molecule has 0 unspecified atom stereocenters. The van der Waals surface area contributed by atoms with Crippen LogP contribution in [0.3, 0.4) is 0 Å². The van der Waals surface area contributed by atoms with E-state index in [-0.39, 0.29) is 0 Å². The Kier molecular flexibility index (Phi) is 6.35. The highest BCUT2D eigenvalue weighted by Crippen LogP contribution is 2.30. The van der Waals surface area contributed by atoms with Crippen LogP contribution < -0.4 is 4.74 Å². The van der Waals surface area contributed by atoms with Crippen molar-refractivity contribution in [2.75, 3.05) is 33.9 Å². The van der Waals surface area contributed by atoms with E-state index in [1.54, 1.807) is 14.2 Å². The Morgan fingerprint density at radius 1 is 1.30 bits per heavy atom. The van der Waals surface area contributed by atoms with Crippen LogP contribution in [0.15, 0.2) is 48.6 Å². The van der Waals surface area contributed by atoms with E-state index in [1.807, 2.05) is 24.0 Å². The molecule has 2 aromatic rings. The molecule has 0 atom stereocenters. The zero-order valence-corrected chi connectivity index (χ0v) is 16.6. The molecule has 0 N–H and O–H groups in total. The molecule has 1 aliphatic rings. The summed E-state index contributed by atoms with van der Waals surface area (Å²) in [7, 11) is 3.45. The van der Waals surface area contributed by atoms with Gasteiger partial charge in [-0.3, -0.25) is 0 Å². The molecular weight excluding hydrogens is 338 g/mol. The monoisotopic (exact) mass is 367 g/mol. The zero-order valence-electron chi connectivity index (χ0n) is 16.6. The van der Waals surface area contributed by atoms with Crippen molar-refractivity contribution in [1.82, 2.24) is 14.5 Å². The van der Waals surface area contributed by atoms with E-state index in [4.69, 9.17) is 9.47 Å². The first-order chi connectivity index (χ1) is 13.1. The van der Waals surface area contributed by atoms with Crippen molar-refractivity contribution in [2.45, 2.75) is 26.2 Å². The molecule has 0 bridgehead atoms. The van der Waals surface area contributed by atoms with Crippen molar-refractivity contribution in [2.24, 2.45) is 0 Å². The number of likely N-dealkylation sites (tertiary alicyclic amines) is 1. The SMILES string of the molecule is C=C1/C(=C/c2ccc(-n3cnc(C)c3)c(OC)c2)CCCN1CCCOC. The Balaban J connectivity index is 1.80. The van der Waals surface area contributed by atoms with Gasteiger partial charge in [-0.1, -0.05) is 12.6 Å². The van der Waals surface area contributed by atoms with Crippen LogP contribution in [0, 0.1) is 6.92 Å². The number of aryl methyl sites for hydroxylation is 1. The minimum absolute atomic E-state index is 0.787. The molecule has 2 heterocycles. The molecular formula is C22H29N3O2. The van der Waals surface area contributed by atoms with Gasteiger partial charge in [-0.25, -0.2) is 4.98 Å². The first-order valence-corrected chi connectivity index (χ1v) is 9.45. The van der Waals surface area contributed by atoms with Gasteiger partial charge in [0.2, 0.25) is 0 Å². The first-order valence-electron chi connectivity index (χ1n) is 9.45. The number of imidazole rings is 1. The topological polar surface area (TPSA) is 39.5 Å². The van der Waals surface area contributed by atoms with Gasteiger partial charge >= 0.3 is 0 Å². The number of nitrogens with zero attached hydrogens (tertiary/aromatic N) is 3. The summed E-state index contributed by atoms with van der Waals surface area (Å²) in [5.41, 5.74) is 5.53. The molecule has 0 aliphatic carbocycles. The maximum atomic E-state index is 5.63. The van der Waals surface area contributed by atoms with Gasteiger partial charge in [0.25, 0.3) is 0 Å². The van der Waals surface area contributed by atoms with Crippen molar-refractivity contribution >= 4 is 6.08 Å². The summed E-state index contributed by atoms with van der Waals surface area (Å²) in [4.78, 5) is 6.67. The molecule has 0 spiro atoms. The van der Waals surface area contributed by atoms with E-state index >= 15 is 0 Å². The van der Waals surface area contributed by atoms with E-state index in [1.165, 1.54) is 5.57 Å². The van der Waals surface area contributed by atoms with Crippen molar-refractivity contribution in [1.29, 1.82) is 0 Å². The Morgan fingerprint density at radius 3 is 2.85 bits per heavy atom. The molecule has 5 heteroatoms. The van der Waals surface area contributed by atoms with Crippen molar-refractivity contribution in [3.63, 3.8) is 0 Å². The quantitative estimate of drug-likeness (QED) is 0.687. The van der Waals surface area contributed by atoms with Crippen molar-refractivity contribution < 1.29 is 9.47 Å². The Bertz CT molecular complexity index is 823. The summed E-state index contributed by atoms with van der Waals surface area (Å²) in [6.07, 6.45) is 9.28. The van der Waals surface area contributed by atoms with E-state index in [0.29, 0.717) is 0 Å². The zero-order chi connectivity index (χ0) is 19.2. The van der Waals surface area contributed by atoms with Crippen LogP contribution in [-0.4, -0.2) is 48.4 Å². The normalized spacial score (nSPS) is 16.2. The fraction of sp³-hybridized carbons (Fsp3) is 0.409. The largest absolute Gasteiger partial charge is 0.495 e. The third-order valence-corrected chi connectivity index (χ3v) is 4.94. The van der Waals surface area contributed by atoms with Crippen molar-refractivity contribution in [3.8, 4) is 11.4 Å².